The third-order valence-electron chi connectivity index (χ3n) is 2.47. The maximum Gasteiger partial charge on any atom is 0.418 e. The molecule has 0 atom stereocenters. The molecule has 0 fully saturated rings. The molecule has 1 aliphatic rings. The van der Waals surface area contributed by atoms with Crippen LogP contribution in [0.3, 0.4) is 0 Å². The smallest absolute Gasteiger partial charge is 0.418 e. The van der Waals surface area contributed by atoms with Gasteiger partial charge in [-0.3, -0.25) is 0 Å². The Hall–Kier alpha value is -1.93. The van der Waals surface area contributed by atoms with Gasteiger partial charge in [-0.2, -0.15) is 0 Å². The van der Waals surface area contributed by atoms with E-state index in [1.807, 2.05) is 24.3 Å². The lowest BCUT2D eigenvalue weighted by atomic mass is 10.1. The molecule has 2 rings (SSSR count). The minimum Gasteiger partial charge on any atom is -0.453 e. The first-order valence-electron chi connectivity index (χ1n) is 4.77. The Morgan fingerprint density at radius 1 is 1.40 bits per heavy atom. The highest BCUT2D eigenvalue weighted by atomic mass is 16.5. The van der Waals surface area contributed by atoms with Gasteiger partial charge in [-0.05, 0) is 11.1 Å². The molecule has 0 bridgehead atoms. The monoisotopic (exact) mass is 203 g/mol. The first-order chi connectivity index (χ1) is 7.29. The summed E-state index contributed by atoms with van der Waals surface area (Å²) >= 11 is 0. The molecular weight excluding hydrogens is 192 g/mol. The van der Waals surface area contributed by atoms with Crippen molar-refractivity contribution < 1.29 is 14.3 Å². The molecule has 0 spiro atoms. The average molecular weight is 203 g/mol. The maximum atomic E-state index is 11.1. The van der Waals surface area contributed by atoms with E-state index in [1.54, 1.807) is 0 Å². The Morgan fingerprint density at radius 3 is 2.53 bits per heavy atom. The molecule has 0 radical (unpaired) electrons. The molecule has 0 saturated carbocycles. The van der Waals surface area contributed by atoms with Gasteiger partial charge in [0.25, 0.3) is 0 Å². The fourth-order valence-corrected chi connectivity index (χ4v) is 1.85. The molecular formula is C11H11N2O2+. The lowest BCUT2D eigenvalue weighted by Crippen LogP contribution is -2.19. The first-order valence-corrected chi connectivity index (χ1v) is 4.77. The molecule has 0 aromatic heterocycles. The van der Waals surface area contributed by atoms with Crippen molar-refractivity contribution in [2.24, 2.45) is 0 Å². The zero-order valence-corrected chi connectivity index (χ0v) is 8.14. The van der Waals surface area contributed by atoms with Gasteiger partial charge < -0.3 is 4.74 Å². The summed E-state index contributed by atoms with van der Waals surface area (Å²) in [5.41, 5.74) is 8.97. The van der Waals surface area contributed by atoms with E-state index in [9.17, 15) is 4.79 Å². The molecule has 4 heteroatoms. The van der Waals surface area contributed by atoms with Crippen LogP contribution in [-0.4, -0.2) is 23.1 Å². The van der Waals surface area contributed by atoms with E-state index < -0.39 is 5.97 Å². The number of rotatable bonds is 2. The van der Waals surface area contributed by atoms with Crippen molar-refractivity contribution in [3.8, 4) is 0 Å². The van der Waals surface area contributed by atoms with Crippen molar-refractivity contribution in [3.05, 3.63) is 35.4 Å². The highest BCUT2D eigenvalue weighted by Gasteiger charge is 2.24. The average Bonchev–Trinajstić information content (AvgIpc) is 2.59. The number of benzene rings is 1. The molecule has 15 heavy (non-hydrogen) atoms. The van der Waals surface area contributed by atoms with Gasteiger partial charge >= 0.3 is 12.2 Å². The predicted molar refractivity (Wildman–Crippen MR) is 52.8 cm³/mol. The number of nitrogens with one attached hydrogen (secondary N) is 1. The zero-order valence-electron chi connectivity index (χ0n) is 8.14. The number of nitrogens with zero attached hydrogens (tertiary/aromatic N) is 1. The third-order valence-corrected chi connectivity index (χ3v) is 2.47. The molecule has 1 aliphatic carbocycles. The van der Waals surface area contributed by atoms with Crippen LogP contribution in [0.1, 0.15) is 11.1 Å². The molecule has 1 aromatic carbocycles. The van der Waals surface area contributed by atoms with Gasteiger partial charge in [0.15, 0.2) is 0 Å². The Morgan fingerprint density at radius 2 is 2.00 bits per heavy atom. The minimum absolute atomic E-state index is 0.104. The molecule has 0 saturated heterocycles. The number of ether oxygens (including phenoxy) is 1. The van der Waals surface area contributed by atoms with Gasteiger partial charge in [-0.15, -0.1) is 0 Å². The predicted octanol–water partition coefficient (Wildman–Crippen LogP) is 1.01. The van der Waals surface area contributed by atoms with Gasteiger partial charge in [0.2, 0.25) is 0 Å². The number of hydrogen-bond acceptors (Lipinski definition) is 3. The summed E-state index contributed by atoms with van der Waals surface area (Å²) in [5, 5.41) is 0. The van der Waals surface area contributed by atoms with Crippen molar-refractivity contribution >= 4 is 12.2 Å². The highest BCUT2D eigenvalue weighted by Crippen LogP contribution is 2.23. The zero-order chi connectivity index (χ0) is 10.7. The van der Waals surface area contributed by atoms with Crippen LogP contribution >= 0.6 is 0 Å². The van der Waals surface area contributed by atoms with Crippen LogP contribution in [0.15, 0.2) is 24.3 Å². The Kier molecular flexibility index (Phi) is 2.61. The lowest BCUT2D eigenvalue weighted by Gasteiger charge is -2.06. The van der Waals surface area contributed by atoms with E-state index in [0.29, 0.717) is 0 Å². The van der Waals surface area contributed by atoms with Crippen LogP contribution in [0, 0.1) is 5.53 Å². The first kappa shape index (κ1) is 9.62. The van der Waals surface area contributed by atoms with Crippen molar-refractivity contribution in [1.29, 1.82) is 5.53 Å². The maximum absolute atomic E-state index is 11.1. The second-order valence-electron chi connectivity index (χ2n) is 3.49. The Bertz CT molecular complexity index is 411. The SMILES string of the molecule is N=[N+]=CC(=O)OC1Cc2ccccc2C1. The van der Waals surface area contributed by atoms with Crippen molar-refractivity contribution in [2.75, 3.05) is 0 Å². The van der Waals surface area contributed by atoms with E-state index >= 15 is 0 Å². The molecule has 4 nitrogen and oxygen atoms in total. The Labute approximate surface area is 87.1 Å². The number of hydrogen-bond donors (Lipinski definition) is 1. The lowest BCUT2D eigenvalue weighted by molar-refractivity contribution is -0.152. The van der Waals surface area contributed by atoms with Crippen LogP contribution in [0.25, 0.3) is 0 Å². The number of carbonyl (C=O) groups excluding carboxylic acids is 1. The molecule has 0 amide bonds. The quantitative estimate of drug-likeness (QED) is 0.337. The summed E-state index contributed by atoms with van der Waals surface area (Å²) in [6, 6.07) is 8.05. The summed E-state index contributed by atoms with van der Waals surface area (Å²) < 4.78 is 5.13. The van der Waals surface area contributed by atoms with Gasteiger partial charge in [0.1, 0.15) is 6.10 Å². The van der Waals surface area contributed by atoms with Gasteiger partial charge in [-0.1, -0.05) is 24.3 Å². The highest BCUT2D eigenvalue weighted by molar-refractivity contribution is 6.20. The molecule has 0 aliphatic heterocycles. The van der Waals surface area contributed by atoms with E-state index in [4.69, 9.17) is 10.3 Å². The second kappa shape index (κ2) is 4.07. The molecule has 1 aromatic rings. The summed E-state index contributed by atoms with van der Waals surface area (Å²) in [5.74, 6) is -0.539. The van der Waals surface area contributed by atoms with Gasteiger partial charge in [0, 0.05) is 12.8 Å². The summed E-state index contributed by atoms with van der Waals surface area (Å²) in [6.07, 6.45) is 2.29. The van der Waals surface area contributed by atoms with Crippen molar-refractivity contribution in [3.63, 3.8) is 0 Å². The summed E-state index contributed by atoms with van der Waals surface area (Å²) in [7, 11) is 0. The minimum atomic E-state index is -0.539. The fourth-order valence-electron chi connectivity index (χ4n) is 1.85. The molecule has 0 unspecified atom stereocenters. The van der Waals surface area contributed by atoms with Crippen molar-refractivity contribution in [1.82, 2.24) is 0 Å². The van der Waals surface area contributed by atoms with E-state index in [2.05, 4.69) is 4.79 Å². The van der Waals surface area contributed by atoms with Gasteiger partial charge in [0.05, 0.1) is 10.3 Å². The number of fused-ring (bicyclic) bond motifs is 1. The van der Waals surface area contributed by atoms with Crippen LogP contribution in [0.4, 0.5) is 0 Å². The fraction of sp³-hybridized carbons (Fsp3) is 0.273. The van der Waals surface area contributed by atoms with Crippen molar-refractivity contribution in [2.45, 2.75) is 18.9 Å². The van der Waals surface area contributed by atoms with Crippen LogP contribution in [0.5, 0.6) is 0 Å². The van der Waals surface area contributed by atoms with E-state index in [0.717, 1.165) is 19.1 Å². The van der Waals surface area contributed by atoms with Crippen LogP contribution < -0.4 is 0 Å². The molecule has 0 heterocycles. The summed E-state index contributed by atoms with van der Waals surface area (Å²) in [6.45, 7) is 0. The number of carbonyl (C=O) groups is 1. The molecule has 76 valence electrons. The normalized spacial score (nSPS) is 14.1. The standard InChI is InChI=1S/C11H11N2O2/c12-13-7-11(14)15-10-5-8-3-1-2-4-9(8)6-10/h1-4,7,10,12H,5-6H2/q+1. The van der Waals surface area contributed by atoms with E-state index in [-0.39, 0.29) is 6.10 Å². The third kappa shape index (κ3) is 2.11. The van der Waals surface area contributed by atoms with Gasteiger partial charge in [-0.25, -0.2) is 4.79 Å². The second-order valence-corrected chi connectivity index (χ2v) is 3.49. The molecule has 1 N–H and O–H groups in total. The van der Waals surface area contributed by atoms with E-state index in [1.165, 1.54) is 11.1 Å². The van der Waals surface area contributed by atoms with Crippen LogP contribution in [-0.2, 0) is 22.4 Å². The largest absolute Gasteiger partial charge is 0.453 e. The Balaban J connectivity index is 2.01. The summed E-state index contributed by atoms with van der Waals surface area (Å²) in [4.78, 5) is 13.9. The topological polar surface area (TPSA) is 64.2 Å². The van der Waals surface area contributed by atoms with Crippen LogP contribution in [0.2, 0.25) is 0 Å². The number of esters is 1.